The van der Waals surface area contributed by atoms with Crippen LogP contribution in [0.3, 0.4) is 0 Å². The molecule has 1 aliphatic carbocycles. The molecule has 0 aromatic carbocycles. The summed E-state index contributed by atoms with van der Waals surface area (Å²) >= 11 is 0. The third-order valence-corrected chi connectivity index (χ3v) is 3.32. The Bertz CT molecular complexity index is 309. The van der Waals surface area contributed by atoms with Gasteiger partial charge < -0.3 is 15.2 Å². The van der Waals surface area contributed by atoms with Gasteiger partial charge in [-0.1, -0.05) is 6.08 Å². The first-order valence-electron chi connectivity index (χ1n) is 5.83. The van der Waals surface area contributed by atoms with Crippen molar-refractivity contribution in [3.63, 3.8) is 0 Å². The van der Waals surface area contributed by atoms with Crippen LogP contribution >= 0.6 is 0 Å². The standard InChI is InChI=1S/C12H19NO3/c1-12(13)5-3-2-4-9(12)7-15-10-6-11(14)16-8-10/h4,10H,2-3,5-8,13H2,1H3. The van der Waals surface area contributed by atoms with Gasteiger partial charge in [0.05, 0.1) is 13.0 Å². The predicted octanol–water partition coefficient (Wildman–Crippen LogP) is 1.15. The molecule has 2 rings (SSSR count). The number of hydrogen-bond acceptors (Lipinski definition) is 4. The first-order chi connectivity index (χ1) is 7.58. The Balaban J connectivity index is 1.85. The van der Waals surface area contributed by atoms with Crippen molar-refractivity contribution in [3.05, 3.63) is 11.6 Å². The number of hydrogen-bond donors (Lipinski definition) is 1. The van der Waals surface area contributed by atoms with Crippen LogP contribution in [0.2, 0.25) is 0 Å². The van der Waals surface area contributed by atoms with E-state index >= 15 is 0 Å². The maximum atomic E-state index is 10.9. The number of carbonyl (C=O) groups is 1. The van der Waals surface area contributed by atoms with E-state index in [0.717, 1.165) is 24.8 Å². The highest BCUT2D eigenvalue weighted by molar-refractivity contribution is 5.71. The van der Waals surface area contributed by atoms with Crippen LogP contribution in [0.5, 0.6) is 0 Å². The quantitative estimate of drug-likeness (QED) is 0.578. The van der Waals surface area contributed by atoms with Crippen LogP contribution in [0.25, 0.3) is 0 Å². The Morgan fingerprint density at radius 1 is 1.69 bits per heavy atom. The van der Waals surface area contributed by atoms with E-state index in [-0.39, 0.29) is 17.6 Å². The zero-order valence-electron chi connectivity index (χ0n) is 9.70. The van der Waals surface area contributed by atoms with Crippen LogP contribution in [-0.4, -0.2) is 30.8 Å². The van der Waals surface area contributed by atoms with Crippen LogP contribution in [0, 0.1) is 0 Å². The highest BCUT2D eigenvalue weighted by atomic mass is 16.6. The highest BCUT2D eigenvalue weighted by Gasteiger charge is 2.29. The van der Waals surface area contributed by atoms with Crippen molar-refractivity contribution in [3.8, 4) is 0 Å². The zero-order valence-corrected chi connectivity index (χ0v) is 9.70. The van der Waals surface area contributed by atoms with Crippen molar-refractivity contribution in [1.82, 2.24) is 0 Å². The SMILES string of the molecule is CC1(N)CCCC=C1COC1COC(=O)C1. The second kappa shape index (κ2) is 4.55. The van der Waals surface area contributed by atoms with E-state index in [1.54, 1.807) is 0 Å². The van der Waals surface area contributed by atoms with Gasteiger partial charge in [-0.3, -0.25) is 4.79 Å². The average molecular weight is 225 g/mol. The minimum atomic E-state index is -0.248. The molecule has 4 heteroatoms. The van der Waals surface area contributed by atoms with Crippen LogP contribution in [0.4, 0.5) is 0 Å². The molecular weight excluding hydrogens is 206 g/mol. The Labute approximate surface area is 95.8 Å². The van der Waals surface area contributed by atoms with Crippen molar-refractivity contribution in [2.24, 2.45) is 5.73 Å². The van der Waals surface area contributed by atoms with E-state index < -0.39 is 0 Å². The van der Waals surface area contributed by atoms with Crippen LogP contribution in [0.1, 0.15) is 32.6 Å². The van der Waals surface area contributed by atoms with Crippen LogP contribution in [-0.2, 0) is 14.3 Å². The van der Waals surface area contributed by atoms with Gasteiger partial charge in [-0.25, -0.2) is 0 Å². The van der Waals surface area contributed by atoms with E-state index in [1.165, 1.54) is 0 Å². The number of cyclic esters (lactones) is 1. The van der Waals surface area contributed by atoms with Crippen LogP contribution < -0.4 is 5.73 Å². The highest BCUT2D eigenvalue weighted by Crippen LogP contribution is 2.27. The molecule has 0 aromatic rings. The largest absolute Gasteiger partial charge is 0.463 e. The summed E-state index contributed by atoms with van der Waals surface area (Å²) < 4.78 is 10.5. The molecule has 1 aliphatic heterocycles. The Hall–Kier alpha value is -0.870. The fourth-order valence-corrected chi connectivity index (χ4v) is 2.17. The fraction of sp³-hybridized carbons (Fsp3) is 0.750. The summed E-state index contributed by atoms with van der Waals surface area (Å²) in [6, 6.07) is 0. The zero-order chi connectivity index (χ0) is 11.6. The van der Waals surface area contributed by atoms with Crippen LogP contribution in [0.15, 0.2) is 11.6 Å². The number of ether oxygens (including phenoxy) is 2. The van der Waals surface area contributed by atoms with Gasteiger partial charge in [0.1, 0.15) is 12.7 Å². The maximum Gasteiger partial charge on any atom is 0.308 e. The molecule has 0 radical (unpaired) electrons. The number of allylic oxidation sites excluding steroid dienone is 1. The van der Waals surface area contributed by atoms with Gasteiger partial charge in [-0.05, 0) is 31.8 Å². The summed E-state index contributed by atoms with van der Waals surface area (Å²) in [6.07, 6.45) is 5.66. The summed E-state index contributed by atoms with van der Waals surface area (Å²) in [5, 5.41) is 0. The molecule has 0 spiro atoms. The number of carbonyl (C=O) groups excluding carboxylic acids is 1. The molecule has 0 bridgehead atoms. The van der Waals surface area contributed by atoms with Crippen molar-refractivity contribution in [2.75, 3.05) is 13.2 Å². The molecule has 2 unspecified atom stereocenters. The van der Waals surface area contributed by atoms with Crippen molar-refractivity contribution < 1.29 is 14.3 Å². The fourth-order valence-electron chi connectivity index (χ4n) is 2.17. The molecule has 16 heavy (non-hydrogen) atoms. The molecule has 0 saturated carbocycles. The lowest BCUT2D eigenvalue weighted by Crippen LogP contribution is -2.41. The number of esters is 1. The first-order valence-corrected chi connectivity index (χ1v) is 5.83. The topological polar surface area (TPSA) is 61.6 Å². The number of nitrogens with two attached hydrogens (primary N) is 1. The molecule has 1 fully saturated rings. The molecule has 1 saturated heterocycles. The molecule has 90 valence electrons. The third-order valence-electron chi connectivity index (χ3n) is 3.32. The van der Waals surface area contributed by atoms with Crippen molar-refractivity contribution in [1.29, 1.82) is 0 Å². The Morgan fingerprint density at radius 2 is 2.50 bits per heavy atom. The molecule has 4 nitrogen and oxygen atoms in total. The van der Waals surface area contributed by atoms with Gasteiger partial charge in [0.25, 0.3) is 0 Å². The lowest BCUT2D eigenvalue weighted by molar-refractivity contribution is -0.137. The van der Waals surface area contributed by atoms with Gasteiger partial charge >= 0.3 is 5.97 Å². The van der Waals surface area contributed by atoms with Crippen molar-refractivity contribution >= 4 is 5.97 Å². The first kappa shape index (κ1) is 11.6. The minimum Gasteiger partial charge on any atom is -0.463 e. The molecule has 2 aliphatic rings. The van der Waals surface area contributed by atoms with E-state index in [4.69, 9.17) is 15.2 Å². The number of rotatable bonds is 3. The second-order valence-electron chi connectivity index (χ2n) is 4.86. The van der Waals surface area contributed by atoms with E-state index in [2.05, 4.69) is 6.08 Å². The van der Waals surface area contributed by atoms with Gasteiger partial charge in [0.15, 0.2) is 0 Å². The molecule has 2 atom stereocenters. The minimum absolute atomic E-state index is 0.0915. The normalized spacial score (nSPS) is 34.8. The maximum absolute atomic E-state index is 10.9. The summed E-state index contributed by atoms with van der Waals surface area (Å²) in [7, 11) is 0. The predicted molar refractivity (Wildman–Crippen MR) is 59.8 cm³/mol. The Kier molecular flexibility index (Phi) is 3.30. The van der Waals surface area contributed by atoms with E-state index in [9.17, 15) is 4.79 Å². The summed E-state index contributed by atoms with van der Waals surface area (Å²) in [5.41, 5.74) is 7.09. The molecule has 0 amide bonds. The lowest BCUT2D eigenvalue weighted by Gasteiger charge is -2.31. The smallest absolute Gasteiger partial charge is 0.308 e. The van der Waals surface area contributed by atoms with E-state index in [1.807, 2.05) is 6.92 Å². The molecular formula is C12H19NO3. The summed E-state index contributed by atoms with van der Waals surface area (Å²) in [5.74, 6) is -0.168. The summed E-state index contributed by atoms with van der Waals surface area (Å²) in [4.78, 5) is 10.9. The molecule has 2 N–H and O–H groups in total. The van der Waals surface area contributed by atoms with E-state index in [0.29, 0.717) is 19.6 Å². The summed E-state index contributed by atoms with van der Waals surface area (Å²) in [6.45, 7) is 2.94. The molecule has 0 aromatic heterocycles. The Morgan fingerprint density at radius 3 is 3.12 bits per heavy atom. The van der Waals surface area contributed by atoms with Gasteiger partial charge in [-0.2, -0.15) is 0 Å². The third kappa shape index (κ3) is 2.62. The molecule has 1 heterocycles. The average Bonchev–Trinajstić information content (AvgIpc) is 2.62. The van der Waals surface area contributed by atoms with Gasteiger partial charge in [-0.15, -0.1) is 0 Å². The monoisotopic (exact) mass is 225 g/mol. The van der Waals surface area contributed by atoms with Crippen molar-refractivity contribution in [2.45, 2.75) is 44.2 Å². The lowest BCUT2D eigenvalue weighted by atomic mass is 9.83. The van der Waals surface area contributed by atoms with Gasteiger partial charge in [0, 0.05) is 5.54 Å². The second-order valence-corrected chi connectivity index (χ2v) is 4.86. The van der Waals surface area contributed by atoms with Gasteiger partial charge in [0.2, 0.25) is 0 Å².